The third-order valence-corrected chi connectivity index (χ3v) is 5.59. The minimum Gasteiger partial charge on any atom is -0.494 e. The molecule has 0 saturated carbocycles. The van der Waals surface area contributed by atoms with E-state index in [0.717, 1.165) is 33.6 Å². The van der Waals surface area contributed by atoms with E-state index in [1.807, 2.05) is 31.2 Å². The number of benzene rings is 2. The number of nitrogens with zero attached hydrogens (tertiary/aromatic N) is 3. The second-order valence-electron chi connectivity index (χ2n) is 7.31. The molecule has 0 N–H and O–H groups in total. The minimum atomic E-state index is -0.467. The number of esters is 1. The molecule has 0 radical (unpaired) electrons. The highest BCUT2D eigenvalue weighted by atomic mass is 32.1. The highest BCUT2D eigenvalue weighted by molar-refractivity contribution is 7.15. The van der Waals surface area contributed by atoms with E-state index in [1.165, 1.54) is 6.92 Å². The van der Waals surface area contributed by atoms with Gasteiger partial charge in [0, 0.05) is 13.3 Å². The molecule has 0 aliphatic carbocycles. The molecule has 2 aromatic carbocycles. The van der Waals surface area contributed by atoms with Crippen molar-refractivity contribution >= 4 is 28.3 Å². The fraction of sp³-hybridized carbons (Fsp3) is 0.208. The zero-order valence-corrected chi connectivity index (χ0v) is 18.9. The molecule has 0 spiro atoms. The summed E-state index contributed by atoms with van der Waals surface area (Å²) in [7, 11) is 0. The maximum Gasteiger partial charge on any atom is 0.308 e. The zero-order valence-electron chi connectivity index (χ0n) is 18.1. The van der Waals surface area contributed by atoms with Crippen molar-refractivity contribution in [1.29, 1.82) is 0 Å². The van der Waals surface area contributed by atoms with Crippen LogP contribution in [0, 0.1) is 0 Å². The first-order valence-corrected chi connectivity index (χ1v) is 11.2. The Kier molecular flexibility index (Phi) is 6.60. The summed E-state index contributed by atoms with van der Waals surface area (Å²) in [6.45, 7) is 3.99. The molecular weight excluding hydrogens is 442 g/mol. The van der Waals surface area contributed by atoms with Gasteiger partial charge in [0.2, 0.25) is 4.96 Å². The van der Waals surface area contributed by atoms with Crippen molar-refractivity contribution in [2.24, 2.45) is 0 Å². The van der Waals surface area contributed by atoms with Crippen molar-refractivity contribution < 1.29 is 14.3 Å². The summed E-state index contributed by atoms with van der Waals surface area (Å²) in [6.07, 6.45) is 2.82. The Balaban J connectivity index is 1.65. The molecule has 8 nitrogen and oxygen atoms in total. The summed E-state index contributed by atoms with van der Waals surface area (Å²) in [4.78, 5) is 40.9. The summed E-state index contributed by atoms with van der Waals surface area (Å²) in [5.74, 6) is 0.710. The van der Waals surface area contributed by atoms with Crippen LogP contribution in [-0.2, 0) is 11.2 Å². The Labute approximate surface area is 192 Å². The molecule has 2 aromatic heterocycles. The number of hydrogen-bond acceptors (Lipinski definition) is 8. The van der Waals surface area contributed by atoms with Gasteiger partial charge in [0.05, 0.1) is 11.1 Å². The number of ether oxygens (including phenoxy) is 2. The van der Waals surface area contributed by atoms with Crippen LogP contribution in [0.4, 0.5) is 0 Å². The summed E-state index contributed by atoms with van der Waals surface area (Å²) < 4.78 is 12.2. The monoisotopic (exact) mass is 463 g/mol. The van der Waals surface area contributed by atoms with Gasteiger partial charge in [-0.1, -0.05) is 42.5 Å². The van der Waals surface area contributed by atoms with Gasteiger partial charge >= 0.3 is 5.97 Å². The van der Waals surface area contributed by atoms with Gasteiger partial charge in [0.15, 0.2) is 0 Å². The minimum absolute atomic E-state index is 0.188. The van der Waals surface area contributed by atoms with Gasteiger partial charge < -0.3 is 9.47 Å². The van der Waals surface area contributed by atoms with Crippen LogP contribution in [0.2, 0.25) is 0 Å². The highest BCUT2D eigenvalue weighted by Crippen LogP contribution is 2.15. The summed E-state index contributed by atoms with van der Waals surface area (Å²) in [5, 5.41) is 4.28. The Morgan fingerprint density at radius 2 is 1.91 bits per heavy atom. The second kappa shape index (κ2) is 9.74. The maximum atomic E-state index is 12.9. The molecule has 0 atom stereocenters. The molecule has 9 heteroatoms. The molecular formula is C24H21N3O5S. The molecule has 0 aliphatic rings. The summed E-state index contributed by atoms with van der Waals surface area (Å²) >= 11 is 1.07. The Bertz CT molecular complexity index is 1470. The van der Waals surface area contributed by atoms with Crippen molar-refractivity contribution in [1.82, 2.24) is 14.6 Å². The predicted molar refractivity (Wildman–Crippen MR) is 125 cm³/mol. The van der Waals surface area contributed by atoms with Crippen LogP contribution >= 0.6 is 11.3 Å². The number of carbonyl (C=O) groups is 1. The van der Waals surface area contributed by atoms with E-state index in [2.05, 4.69) is 10.1 Å². The molecule has 0 aliphatic heterocycles. The van der Waals surface area contributed by atoms with E-state index in [1.54, 1.807) is 30.3 Å². The third-order valence-electron chi connectivity index (χ3n) is 4.64. The van der Waals surface area contributed by atoms with Crippen LogP contribution in [0.5, 0.6) is 11.5 Å². The predicted octanol–water partition coefficient (Wildman–Crippen LogP) is 2.36. The van der Waals surface area contributed by atoms with Gasteiger partial charge in [-0.15, -0.1) is 0 Å². The molecule has 0 bridgehead atoms. The second-order valence-corrected chi connectivity index (χ2v) is 8.32. The third kappa shape index (κ3) is 5.32. The molecule has 4 rings (SSSR count). The molecule has 0 fully saturated rings. The standard InChI is InChI=1S/C24H21N3O5S/c1-3-11-31-18-9-7-16(8-10-18)13-20-22(29)25-24-27(26-20)23(30)21(33-24)14-17-5-4-6-19(12-17)32-15(2)28/h4-10,12,14H,3,11,13H2,1-2H3. The number of hydrogen-bond donors (Lipinski definition) is 0. The topological polar surface area (TPSA) is 99.9 Å². The van der Waals surface area contributed by atoms with Gasteiger partial charge in [0.25, 0.3) is 11.1 Å². The molecule has 2 heterocycles. The lowest BCUT2D eigenvalue weighted by molar-refractivity contribution is -0.131. The van der Waals surface area contributed by atoms with Gasteiger partial charge in [-0.2, -0.15) is 14.6 Å². The Hall–Kier alpha value is -3.85. The first-order chi connectivity index (χ1) is 15.9. The number of fused-ring (bicyclic) bond motifs is 1. The first kappa shape index (κ1) is 22.3. The average Bonchev–Trinajstić information content (AvgIpc) is 3.07. The van der Waals surface area contributed by atoms with Gasteiger partial charge in [-0.05, 0) is 47.9 Å². The number of rotatable bonds is 7. The van der Waals surface area contributed by atoms with E-state index in [9.17, 15) is 14.4 Å². The van der Waals surface area contributed by atoms with Crippen LogP contribution < -0.4 is 25.1 Å². The zero-order chi connectivity index (χ0) is 23.4. The van der Waals surface area contributed by atoms with Crippen LogP contribution in [0.1, 0.15) is 37.1 Å². The fourth-order valence-corrected chi connectivity index (χ4v) is 4.06. The van der Waals surface area contributed by atoms with Crippen molar-refractivity contribution in [3.05, 3.63) is 90.6 Å². The van der Waals surface area contributed by atoms with E-state index >= 15 is 0 Å². The van der Waals surface area contributed by atoms with Crippen LogP contribution in [0.3, 0.4) is 0 Å². The summed E-state index contributed by atoms with van der Waals surface area (Å²) in [6, 6.07) is 14.2. The molecule has 4 aromatic rings. The number of carbonyl (C=O) groups excluding carboxylic acids is 1. The SMILES string of the molecule is CCCOc1ccc(Cc2nn3c(=O)c(=Cc4cccc(OC(C)=O)c4)sc3nc2=O)cc1. The lowest BCUT2D eigenvalue weighted by Crippen LogP contribution is -2.28. The smallest absolute Gasteiger partial charge is 0.308 e. The van der Waals surface area contributed by atoms with Gasteiger partial charge in [0.1, 0.15) is 17.2 Å². The largest absolute Gasteiger partial charge is 0.494 e. The lowest BCUT2D eigenvalue weighted by Gasteiger charge is -2.05. The van der Waals surface area contributed by atoms with Gasteiger partial charge in [-0.25, -0.2) is 0 Å². The quantitative estimate of drug-likeness (QED) is 0.306. The molecule has 0 unspecified atom stereocenters. The summed E-state index contributed by atoms with van der Waals surface area (Å²) in [5.41, 5.74) is 0.886. The lowest BCUT2D eigenvalue weighted by atomic mass is 10.1. The van der Waals surface area contributed by atoms with Crippen LogP contribution in [0.15, 0.2) is 58.1 Å². The van der Waals surface area contributed by atoms with Crippen molar-refractivity contribution in [2.45, 2.75) is 26.7 Å². The van der Waals surface area contributed by atoms with Crippen LogP contribution in [0.25, 0.3) is 11.0 Å². The number of aromatic nitrogens is 3. The van der Waals surface area contributed by atoms with Crippen LogP contribution in [-0.4, -0.2) is 27.2 Å². The molecule has 33 heavy (non-hydrogen) atoms. The van der Waals surface area contributed by atoms with E-state index in [4.69, 9.17) is 9.47 Å². The Morgan fingerprint density at radius 1 is 1.12 bits per heavy atom. The fourth-order valence-electron chi connectivity index (χ4n) is 3.15. The van der Waals surface area contributed by atoms with Crippen molar-refractivity contribution in [3.8, 4) is 11.5 Å². The molecule has 0 amide bonds. The first-order valence-electron chi connectivity index (χ1n) is 10.4. The molecule has 168 valence electrons. The Morgan fingerprint density at radius 3 is 2.64 bits per heavy atom. The highest BCUT2D eigenvalue weighted by Gasteiger charge is 2.12. The number of thiazole rings is 1. The van der Waals surface area contributed by atoms with Crippen molar-refractivity contribution in [2.75, 3.05) is 6.61 Å². The van der Waals surface area contributed by atoms with E-state index in [0.29, 0.717) is 22.5 Å². The average molecular weight is 464 g/mol. The normalized spacial score (nSPS) is 11.6. The van der Waals surface area contributed by atoms with E-state index < -0.39 is 11.5 Å². The van der Waals surface area contributed by atoms with Crippen molar-refractivity contribution in [3.63, 3.8) is 0 Å². The molecule has 0 saturated heterocycles. The maximum absolute atomic E-state index is 12.9. The van der Waals surface area contributed by atoms with E-state index in [-0.39, 0.29) is 22.6 Å². The van der Waals surface area contributed by atoms with Gasteiger partial charge in [-0.3, -0.25) is 14.4 Å².